The van der Waals surface area contributed by atoms with Crippen LogP contribution in [0.3, 0.4) is 0 Å². The lowest BCUT2D eigenvalue weighted by Crippen LogP contribution is -2.53. The number of para-hydroxylation sites is 1. The number of aliphatic hydroxyl groups excluding tert-OH is 1. The van der Waals surface area contributed by atoms with Crippen LogP contribution in [0.5, 0.6) is 0 Å². The van der Waals surface area contributed by atoms with Gasteiger partial charge in [-0.15, -0.1) is 11.3 Å². The minimum absolute atomic E-state index is 0.0570. The van der Waals surface area contributed by atoms with Crippen LogP contribution >= 0.6 is 11.3 Å². The molecule has 2 amide bonds. The zero-order chi connectivity index (χ0) is 17.0. The monoisotopic (exact) mass is 345 g/mol. The molecule has 24 heavy (non-hydrogen) atoms. The van der Waals surface area contributed by atoms with E-state index < -0.39 is 0 Å². The van der Waals surface area contributed by atoms with Crippen molar-refractivity contribution in [3.05, 3.63) is 47.3 Å². The second-order valence-corrected chi connectivity index (χ2v) is 7.54. The third kappa shape index (κ3) is 3.88. The van der Waals surface area contributed by atoms with E-state index in [2.05, 4.69) is 10.6 Å². The number of hydrogen-bond acceptors (Lipinski definition) is 4. The van der Waals surface area contributed by atoms with Gasteiger partial charge in [-0.3, -0.25) is 5.32 Å². The van der Waals surface area contributed by atoms with Crippen molar-refractivity contribution >= 4 is 28.1 Å². The Morgan fingerprint density at radius 1 is 1.21 bits per heavy atom. The Balaban J connectivity index is 1.58. The maximum atomic E-state index is 12.4. The van der Waals surface area contributed by atoms with Gasteiger partial charge in [0.15, 0.2) is 0 Å². The van der Waals surface area contributed by atoms with Crippen molar-refractivity contribution in [3.8, 4) is 0 Å². The van der Waals surface area contributed by atoms with Gasteiger partial charge in [0.25, 0.3) is 0 Å². The molecular weight excluding hydrogens is 322 g/mol. The molecule has 2 aromatic rings. The van der Waals surface area contributed by atoms with Gasteiger partial charge in [0, 0.05) is 23.7 Å². The lowest BCUT2D eigenvalue weighted by atomic mass is 9.88. The van der Waals surface area contributed by atoms with E-state index in [0.717, 1.165) is 23.5 Å². The van der Waals surface area contributed by atoms with Gasteiger partial charge in [-0.05, 0) is 44.0 Å². The lowest BCUT2D eigenvalue weighted by Gasteiger charge is -2.41. The summed E-state index contributed by atoms with van der Waals surface area (Å²) in [6.45, 7) is 3.32. The van der Waals surface area contributed by atoms with E-state index >= 15 is 0 Å². The van der Waals surface area contributed by atoms with Crippen molar-refractivity contribution in [2.24, 2.45) is 0 Å². The Kier molecular flexibility index (Phi) is 5.06. The molecule has 0 radical (unpaired) electrons. The molecule has 0 unspecified atom stereocenters. The lowest BCUT2D eigenvalue weighted by molar-refractivity contribution is 0.132. The number of aryl methyl sites for hydroxylation is 1. The number of urea groups is 1. The number of hydrogen-bond donors (Lipinski definition) is 3. The average molecular weight is 345 g/mol. The summed E-state index contributed by atoms with van der Waals surface area (Å²) < 4.78 is 0. The molecule has 6 heteroatoms. The summed E-state index contributed by atoms with van der Waals surface area (Å²) in [4.78, 5) is 15.4. The zero-order valence-corrected chi connectivity index (χ0v) is 14.6. The highest BCUT2D eigenvalue weighted by molar-refractivity contribution is 7.16. The molecule has 0 spiro atoms. The van der Waals surface area contributed by atoms with E-state index in [9.17, 15) is 9.90 Å². The molecule has 0 atom stereocenters. The zero-order valence-electron chi connectivity index (χ0n) is 13.8. The van der Waals surface area contributed by atoms with Crippen molar-refractivity contribution in [1.29, 1.82) is 0 Å². The largest absolute Gasteiger partial charge is 0.394 e. The van der Waals surface area contributed by atoms with Crippen molar-refractivity contribution in [3.63, 3.8) is 0 Å². The van der Waals surface area contributed by atoms with E-state index in [1.807, 2.05) is 54.3 Å². The van der Waals surface area contributed by atoms with Crippen molar-refractivity contribution < 1.29 is 9.90 Å². The number of nitrogens with zero attached hydrogens (tertiary/aromatic N) is 1. The quantitative estimate of drug-likeness (QED) is 0.794. The number of rotatable bonds is 4. The first kappa shape index (κ1) is 16.8. The second-order valence-electron chi connectivity index (χ2n) is 6.26. The van der Waals surface area contributed by atoms with Gasteiger partial charge in [-0.2, -0.15) is 0 Å². The first-order valence-corrected chi connectivity index (χ1v) is 8.98. The number of carbonyl (C=O) groups is 1. The van der Waals surface area contributed by atoms with E-state index in [1.165, 1.54) is 4.88 Å². The number of aliphatic hydroxyl groups is 1. The minimum Gasteiger partial charge on any atom is -0.394 e. The summed E-state index contributed by atoms with van der Waals surface area (Å²) in [6, 6.07) is 13.8. The number of piperidine rings is 1. The van der Waals surface area contributed by atoms with E-state index in [4.69, 9.17) is 0 Å². The molecule has 1 saturated heterocycles. The Morgan fingerprint density at radius 2 is 1.92 bits per heavy atom. The number of thiophene rings is 1. The van der Waals surface area contributed by atoms with E-state index in [0.29, 0.717) is 13.1 Å². The van der Waals surface area contributed by atoms with Gasteiger partial charge in [0.2, 0.25) is 0 Å². The predicted octanol–water partition coefficient (Wildman–Crippen LogP) is 3.53. The average Bonchev–Trinajstić information content (AvgIpc) is 3.01. The Hall–Kier alpha value is -2.05. The summed E-state index contributed by atoms with van der Waals surface area (Å²) in [5.41, 5.74) is 0.635. The van der Waals surface area contributed by atoms with Crippen LogP contribution in [-0.2, 0) is 0 Å². The molecule has 3 N–H and O–H groups in total. The van der Waals surface area contributed by atoms with Crippen LogP contribution in [0, 0.1) is 6.92 Å². The molecule has 0 bridgehead atoms. The summed E-state index contributed by atoms with van der Waals surface area (Å²) >= 11 is 1.58. The molecule has 1 aromatic carbocycles. The van der Waals surface area contributed by atoms with Crippen LogP contribution in [0.2, 0.25) is 0 Å². The maximum absolute atomic E-state index is 12.4. The van der Waals surface area contributed by atoms with Crippen molar-refractivity contribution in [1.82, 2.24) is 4.90 Å². The molecule has 0 aliphatic carbocycles. The molecule has 1 fully saturated rings. The number of likely N-dealkylation sites (tertiary alicyclic amines) is 1. The Labute approximate surface area is 146 Å². The summed E-state index contributed by atoms with van der Waals surface area (Å²) in [5.74, 6) is 0. The molecule has 1 aliphatic rings. The summed E-state index contributed by atoms with van der Waals surface area (Å²) in [7, 11) is 0. The SMILES string of the molecule is Cc1ccc(NC(=O)N2CCC(CO)(Nc3ccccc3)CC2)s1. The summed E-state index contributed by atoms with van der Waals surface area (Å²) in [5, 5.41) is 17.2. The number of amides is 2. The van der Waals surface area contributed by atoms with Crippen molar-refractivity contribution in [2.75, 3.05) is 30.3 Å². The van der Waals surface area contributed by atoms with Crippen LogP contribution in [0.25, 0.3) is 0 Å². The van der Waals surface area contributed by atoms with E-state index in [-0.39, 0.29) is 18.2 Å². The van der Waals surface area contributed by atoms with Crippen LogP contribution < -0.4 is 10.6 Å². The van der Waals surface area contributed by atoms with Gasteiger partial charge in [0.1, 0.15) is 0 Å². The molecule has 5 nitrogen and oxygen atoms in total. The highest BCUT2D eigenvalue weighted by atomic mass is 32.1. The molecule has 0 saturated carbocycles. The predicted molar refractivity (Wildman–Crippen MR) is 98.8 cm³/mol. The third-order valence-electron chi connectivity index (χ3n) is 4.46. The normalized spacial score (nSPS) is 16.7. The first-order valence-electron chi connectivity index (χ1n) is 8.17. The molecule has 1 aliphatic heterocycles. The van der Waals surface area contributed by atoms with Gasteiger partial charge in [-0.1, -0.05) is 18.2 Å². The number of anilines is 2. The highest BCUT2D eigenvalue weighted by Gasteiger charge is 2.35. The smallest absolute Gasteiger partial charge is 0.322 e. The Bertz CT molecular complexity index is 679. The van der Waals surface area contributed by atoms with Gasteiger partial charge < -0.3 is 15.3 Å². The van der Waals surface area contributed by atoms with Crippen LogP contribution in [0.15, 0.2) is 42.5 Å². The van der Waals surface area contributed by atoms with E-state index in [1.54, 1.807) is 11.3 Å². The van der Waals surface area contributed by atoms with Crippen LogP contribution in [0.1, 0.15) is 17.7 Å². The molecule has 3 rings (SSSR count). The van der Waals surface area contributed by atoms with Gasteiger partial charge in [0.05, 0.1) is 17.1 Å². The molecule has 2 heterocycles. The molecule has 128 valence electrons. The topological polar surface area (TPSA) is 64.6 Å². The number of nitrogens with one attached hydrogen (secondary N) is 2. The molecule has 1 aromatic heterocycles. The highest BCUT2D eigenvalue weighted by Crippen LogP contribution is 2.28. The first-order chi connectivity index (χ1) is 11.6. The summed E-state index contributed by atoms with van der Waals surface area (Å²) in [6.07, 6.45) is 1.44. The maximum Gasteiger partial charge on any atom is 0.322 e. The standard InChI is InChI=1S/C18H23N3O2S/c1-14-7-8-16(24-14)19-17(23)21-11-9-18(13-22,10-12-21)20-15-5-3-2-4-6-15/h2-8,20,22H,9-13H2,1H3,(H,19,23). The third-order valence-corrected chi connectivity index (χ3v) is 5.38. The number of benzene rings is 1. The van der Waals surface area contributed by atoms with Crippen LogP contribution in [-0.4, -0.2) is 41.3 Å². The van der Waals surface area contributed by atoms with Gasteiger partial charge >= 0.3 is 6.03 Å². The molecular formula is C18H23N3O2S. The van der Waals surface area contributed by atoms with Crippen LogP contribution in [0.4, 0.5) is 15.5 Å². The fourth-order valence-electron chi connectivity index (χ4n) is 2.97. The Morgan fingerprint density at radius 3 is 2.50 bits per heavy atom. The van der Waals surface area contributed by atoms with Gasteiger partial charge in [-0.25, -0.2) is 4.79 Å². The fraction of sp³-hybridized carbons (Fsp3) is 0.389. The number of carbonyl (C=O) groups excluding carboxylic acids is 1. The minimum atomic E-state index is -0.363. The fourth-order valence-corrected chi connectivity index (χ4v) is 3.73. The van der Waals surface area contributed by atoms with Crippen molar-refractivity contribution in [2.45, 2.75) is 25.3 Å². The second kappa shape index (κ2) is 7.23.